The molecule has 0 saturated carbocycles. The molecule has 2 aromatic carbocycles. The van der Waals surface area contributed by atoms with Gasteiger partial charge >= 0.3 is 0 Å². The molecule has 2 rings (SSSR count). The Kier molecular flexibility index (Phi) is 7.63. The number of hydrazine groups is 1. The smallest absolute Gasteiger partial charge is 0.262 e. The van der Waals surface area contributed by atoms with Crippen molar-refractivity contribution in [1.29, 1.82) is 0 Å². The maximum atomic E-state index is 11.8. The summed E-state index contributed by atoms with van der Waals surface area (Å²) in [5.41, 5.74) is 7.35. The Morgan fingerprint density at radius 2 is 1.63 bits per heavy atom. The second kappa shape index (κ2) is 10.2. The summed E-state index contributed by atoms with van der Waals surface area (Å²) in [6.07, 6.45) is 2.93. The fraction of sp³-hybridized carbons (Fsp3) is 0.150. The Morgan fingerprint density at radius 3 is 2.26 bits per heavy atom. The maximum absolute atomic E-state index is 11.8. The molecule has 0 aromatic heterocycles. The van der Waals surface area contributed by atoms with Crippen molar-refractivity contribution in [2.24, 2.45) is 0 Å². The van der Waals surface area contributed by atoms with Crippen LogP contribution < -0.4 is 16.2 Å². The highest BCUT2D eigenvalue weighted by atomic mass is 32.2. The van der Waals surface area contributed by atoms with Gasteiger partial charge in [-0.15, -0.1) is 11.8 Å². The third kappa shape index (κ3) is 7.79. The van der Waals surface area contributed by atoms with Gasteiger partial charge in [-0.05, 0) is 42.8 Å². The lowest BCUT2D eigenvalue weighted by molar-refractivity contribution is -0.125. The minimum absolute atomic E-state index is 0.144. The van der Waals surface area contributed by atoms with Crippen LogP contribution >= 0.6 is 11.8 Å². The highest BCUT2D eigenvalue weighted by Gasteiger charge is 2.04. The van der Waals surface area contributed by atoms with Crippen molar-refractivity contribution in [3.05, 3.63) is 65.7 Å². The molecule has 27 heavy (non-hydrogen) atoms. The van der Waals surface area contributed by atoms with Gasteiger partial charge in [0.1, 0.15) is 0 Å². The number of anilines is 1. The molecule has 0 bridgehead atoms. The van der Waals surface area contributed by atoms with E-state index in [0.717, 1.165) is 16.0 Å². The zero-order valence-corrected chi connectivity index (χ0v) is 15.9. The van der Waals surface area contributed by atoms with E-state index in [4.69, 9.17) is 0 Å². The zero-order valence-electron chi connectivity index (χ0n) is 15.1. The largest absolute Gasteiger partial charge is 0.326 e. The van der Waals surface area contributed by atoms with Crippen molar-refractivity contribution in [2.75, 3.05) is 11.1 Å². The lowest BCUT2D eigenvalue weighted by atomic mass is 10.2. The Bertz CT molecular complexity index is 831. The van der Waals surface area contributed by atoms with Crippen LogP contribution in [0, 0.1) is 6.92 Å². The van der Waals surface area contributed by atoms with Crippen LogP contribution in [-0.2, 0) is 14.4 Å². The number of aryl methyl sites for hydroxylation is 1. The number of hydrogen-bond acceptors (Lipinski definition) is 4. The van der Waals surface area contributed by atoms with E-state index in [-0.39, 0.29) is 17.6 Å². The number of rotatable bonds is 6. The van der Waals surface area contributed by atoms with Crippen LogP contribution in [0.4, 0.5) is 5.69 Å². The van der Waals surface area contributed by atoms with Crippen molar-refractivity contribution in [1.82, 2.24) is 10.9 Å². The Balaban J connectivity index is 1.73. The lowest BCUT2D eigenvalue weighted by Crippen LogP contribution is -2.41. The average molecular weight is 383 g/mol. The summed E-state index contributed by atoms with van der Waals surface area (Å²) in [5.74, 6) is -0.664. The molecule has 6 nitrogen and oxygen atoms in total. The zero-order chi connectivity index (χ0) is 19.6. The van der Waals surface area contributed by atoms with Gasteiger partial charge in [0.05, 0.1) is 5.75 Å². The predicted molar refractivity (Wildman–Crippen MR) is 108 cm³/mol. The molecule has 0 aliphatic rings. The third-order valence-corrected chi connectivity index (χ3v) is 4.39. The molecule has 7 heteroatoms. The fourth-order valence-electron chi connectivity index (χ4n) is 2.05. The fourth-order valence-corrected chi connectivity index (χ4v) is 2.74. The number of carbonyl (C=O) groups is 3. The summed E-state index contributed by atoms with van der Waals surface area (Å²) in [4.78, 5) is 35.5. The van der Waals surface area contributed by atoms with Gasteiger partial charge in [-0.1, -0.05) is 29.8 Å². The molecule has 0 saturated heterocycles. The van der Waals surface area contributed by atoms with E-state index in [1.807, 2.05) is 31.2 Å². The second-order valence-electron chi connectivity index (χ2n) is 5.78. The highest BCUT2D eigenvalue weighted by Crippen LogP contribution is 2.17. The normalized spacial score (nSPS) is 10.4. The van der Waals surface area contributed by atoms with E-state index < -0.39 is 5.91 Å². The van der Waals surface area contributed by atoms with Gasteiger partial charge in [0, 0.05) is 23.6 Å². The van der Waals surface area contributed by atoms with Crippen LogP contribution in [0.2, 0.25) is 0 Å². The first-order valence-corrected chi connectivity index (χ1v) is 9.25. The first-order valence-electron chi connectivity index (χ1n) is 8.26. The molecule has 2 aromatic rings. The molecule has 0 spiro atoms. The number of amides is 3. The van der Waals surface area contributed by atoms with Crippen LogP contribution in [0.1, 0.15) is 18.1 Å². The van der Waals surface area contributed by atoms with Crippen LogP contribution in [0.3, 0.4) is 0 Å². The first-order chi connectivity index (χ1) is 12.9. The molecule has 0 aliphatic carbocycles. The summed E-state index contributed by atoms with van der Waals surface area (Å²) in [7, 11) is 0. The van der Waals surface area contributed by atoms with Crippen molar-refractivity contribution < 1.29 is 14.4 Å². The number of hydrogen-bond donors (Lipinski definition) is 3. The number of thioether (sulfide) groups is 1. The van der Waals surface area contributed by atoms with Gasteiger partial charge in [0.15, 0.2) is 0 Å². The predicted octanol–water partition coefficient (Wildman–Crippen LogP) is 2.91. The Labute approximate surface area is 162 Å². The van der Waals surface area contributed by atoms with Crippen molar-refractivity contribution in [2.45, 2.75) is 18.7 Å². The number of benzene rings is 2. The highest BCUT2D eigenvalue weighted by molar-refractivity contribution is 8.00. The van der Waals surface area contributed by atoms with Crippen LogP contribution in [0.5, 0.6) is 0 Å². The molecule has 0 radical (unpaired) electrons. The molecule has 0 heterocycles. The topological polar surface area (TPSA) is 87.3 Å². The van der Waals surface area contributed by atoms with E-state index in [1.165, 1.54) is 24.8 Å². The average Bonchev–Trinajstić information content (AvgIpc) is 2.65. The number of nitrogens with one attached hydrogen (secondary N) is 3. The van der Waals surface area contributed by atoms with Gasteiger partial charge in [-0.25, -0.2) is 0 Å². The van der Waals surface area contributed by atoms with E-state index in [0.29, 0.717) is 5.69 Å². The second-order valence-corrected chi connectivity index (χ2v) is 6.82. The Morgan fingerprint density at radius 1 is 0.963 bits per heavy atom. The summed E-state index contributed by atoms with van der Waals surface area (Å²) in [6.45, 7) is 3.44. The van der Waals surface area contributed by atoms with E-state index in [2.05, 4.69) is 16.2 Å². The molecular weight excluding hydrogens is 362 g/mol. The lowest BCUT2D eigenvalue weighted by Gasteiger charge is -2.05. The molecule has 0 atom stereocenters. The summed E-state index contributed by atoms with van der Waals surface area (Å²) >= 11 is 1.39. The molecule has 3 amide bonds. The van der Waals surface area contributed by atoms with Crippen molar-refractivity contribution in [3.63, 3.8) is 0 Å². The van der Waals surface area contributed by atoms with Gasteiger partial charge < -0.3 is 5.32 Å². The van der Waals surface area contributed by atoms with Crippen LogP contribution in [0.15, 0.2) is 59.5 Å². The first kappa shape index (κ1) is 20.3. The van der Waals surface area contributed by atoms with Crippen LogP contribution in [-0.4, -0.2) is 23.5 Å². The molecule has 0 unspecified atom stereocenters. The van der Waals surface area contributed by atoms with Gasteiger partial charge in [-0.2, -0.15) is 0 Å². The SMILES string of the molecule is CC(=O)Nc1ccc(/C=C/C(=O)NNC(=O)CSc2ccc(C)cc2)cc1. The summed E-state index contributed by atoms with van der Waals surface area (Å²) < 4.78 is 0. The quantitative estimate of drug-likeness (QED) is 0.407. The summed E-state index contributed by atoms with van der Waals surface area (Å²) in [6, 6.07) is 14.9. The molecular formula is C20H21N3O3S. The standard InChI is InChI=1S/C20H21N3O3S/c1-14-3-10-18(11-4-14)27-13-20(26)23-22-19(25)12-7-16-5-8-17(9-6-16)21-15(2)24/h3-12H,13H2,1-2H3,(H,21,24)(H,22,25)(H,23,26)/b12-7+. The minimum atomic E-state index is -0.436. The van der Waals surface area contributed by atoms with Gasteiger partial charge in [0.25, 0.3) is 5.91 Å². The molecule has 0 aliphatic heterocycles. The monoisotopic (exact) mass is 383 g/mol. The molecule has 0 fully saturated rings. The van der Waals surface area contributed by atoms with E-state index in [9.17, 15) is 14.4 Å². The maximum Gasteiger partial charge on any atom is 0.262 e. The van der Waals surface area contributed by atoms with Crippen molar-refractivity contribution in [3.8, 4) is 0 Å². The number of carbonyl (C=O) groups excluding carboxylic acids is 3. The van der Waals surface area contributed by atoms with Gasteiger partial charge in [0.2, 0.25) is 11.8 Å². The van der Waals surface area contributed by atoms with Gasteiger partial charge in [-0.3, -0.25) is 25.2 Å². The molecule has 3 N–H and O–H groups in total. The van der Waals surface area contributed by atoms with Crippen LogP contribution in [0.25, 0.3) is 6.08 Å². The third-order valence-electron chi connectivity index (χ3n) is 3.37. The minimum Gasteiger partial charge on any atom is -0.326 e. The summed E-state index contributed by atoms with van der Waals surface area (Å²) in [5, 5.41) is 2.66. The Hall–Kier alpha value is -3.06. The van der Waals surface area contributed by atoms with Crippen molar-refractivity contribution >= 4 is 41.2 Å². The molecule has 140 valence electrons. The van der Waals surface area contributed by atoms with E-state index >= 15 is 0 Å². The van der Waals surface area contributed by atoms with E-state index in [1.54, 1.807) is 30.3 Å².